The van der Waals surface area contributed by atoms with E-state index in [4.69, 9.17) is 0 Å². The number of aliphatic hydroxyl groups is 1. The highest BCUT2D eigenvalue weighted by Crippen LogP contribution is 2.22. The average molecular weight is 336 g/mol. The average Bonchev–Trinajstić information content (AvgIpc) is 2.92. The van der Waals surface area contributed by atoms with Crippen LogP contribution in [0.25, 0.3) is 11.3 Å². The van der Waals surface area contributed by atoms with Gasteiger partial charge in [-0.25, -0.2) is 4.98 Å². The van der Waals surface area contributed by atoms with E-state index in [1.54, 1.807) is 36.1 Å². The van der Waals surface area contributed by atoms with Crippen LogP contribution in [0, 0.1) is 6.92 Å². The fourth-order valence-corrected chi connectivity index (χ4v) is 3.40. The van der Waals surface area contributed by atoms with Crippen LogP contribution in [0.1, 0.15) is 22.3 Å². The van der Waals surface area contributed by atoms with Crippen molar-refractivity contribution in [3.63, 3.8) is 0 Å². The lowest BCUT2D eigenvalue weighted by molar-refractivity contribution is 0.0725. The molecule has 0 bridgehead atoms. The lowest BCUT2D eigenvalue weighted by Crippen LogP contribution is -2.42. The predicted octanol–water partition coefficient (Wildman–Crippen LogP) is 2.96. The second kappa shape index (κ2) is 7.26. The van der Waals surface area contributed by atoms with Crippen molar-refractivity contribution in [2.24, 2.45) is 0 Å². The van der Waals surface area contributed by atoms with Gasteiger partial charge in [-0.2, -0.15) is 11.8 Å². The highest BCUT2D eigenvalue weighted by atomic mass is 32.2. The van der Waals surface area contributed by atoms with E-state index in [-0.39, 0.29) is 12.5 Å². The lowest BCUT2D eigenvalue weighted by Gasteiger charge is -2.22. The largest absolute Gasteiger partial charge is 0.387 e. The van der Waals surface area contributed by atoms with E-state index >= 15 is 0 Å². The van der Waals surface area contributed by atoms with Crippen molar-refractivity contribution in [3.05, 3.63) is 40.2 Å². The summed E-state index contributed by atoms with van der Waals surface area (Å²) in [5, 5.41) is 15.9. The number of nitrogens with one attached hydrogen (secondary N) is 1. The molecule has 0 aliphatic heterocycles. The molecule has 0 saturated heterocycles. The summed E-state index contributed by atoms with van der Waals surface area (Å²) in [7, 11) is 0. The minimum Gasteiger partial charge on any atom is -0.387 e. The molecule has 22 heavy (non-hydrogen) atoms. The molecule has 1 heterocycles. The molecular weight excluding hydrogens is 316 g/mol. The first kappa shape index (κ1) is 17.0. The number of nitrogens with zero attached hydrogens (tertiary/aromatic N) is 1. The molecular formula is C16H20N2O2S2. The van der Waals surface area contributed by atoms with E-state index in [0.717, 1.165) is 16.3 Å². The standard InChI is InChI=1S/C16H20N2O2S2/c1-11-18-14(8-22-11)12-5-4-6-13(7-12)15(19)17-9-16(2,20)10-21-3/h4-8,20H,9-10H2,1-3H3,(H,17,19). The summed E-state index contributed by atoms with van der Waals surface area (Å²) in [5.41, 5.74) is 1.47. The molecule has 0 saturated carbocycles. The highest BCUT2D eigenvalue weighted by Gasteiger charge is 2.20. The van der Waals surface area contributed by atoms with Gasteiger partial charge in [0.25, 0.3) is 5.91 Å². The van der Waals surface area contributed by atoms with E-state index in [9.17, 15) is 9.90 Å². The number of carbonyl (C=O) groups excluding carboxylic acids is 1. The highest BCUT2D eigenvalue weighted by molar-refractivity contribution is 7.98. The monoisotopic (exact) mass is 336 g/mol. The zero-order chi connectivity index (χ0) is 16.2. The van der Waals surface area contributed by atoms with Crippen molar-refractivity contribution in [2.75, 3.05) is 18.6 Å². The van der Waals surface area contributed by atoms with Crippen LogP contribution in [0.15, 0.2) is 29.6 Å². The third kappa shape index (κ3) is 4.56. The molecule has 2 rings (SSSR count). The zero-order valence-electron chi connectivity index (χ0n) is 12.9. The van der Waals surface area contributed by atoms with E-state index in [2.05, 4.69) is 10.3 Å². The molecule has 1 atom stereocenters. The van der Waals surface area contributed by atoms with Gasteiger partial charge in [0.2, 0.25) is 0 Å². The second-order valence-electron chi connectivity index (χ2n) is 5.45. The van der Waals surface area contributed by atoms with E-state index < -0.39 is 5.60 Å². The number of rotatable bonds is 6. The van der Waals surface area contributed by atoms with Crippen LogP contribution < -0.4 is 5.32 Å². The summed E-state index contributed by atoms with van der Waals surface area (Å²) in [6, 6.07) is 7.38. The number of hydrogen-bond acceptors (Lipinski definition) is 5. The van der Waals surface area contributed by atoms with Crippen LogP contribution in [0.5, 0.6) is 0 Å². The van der Waals surface area contributed by atoms with Crippen LogP contribution in [-0.2, 0) is 0 Å². The molecule has 1 unspecified atom stereocenters. The fourth-order valence-electron chi connectivity index (χ4n) is 2.05. The Morgan fingerprint density at radius 2 is 2.27 bits per heavy atom. The number of carbonyl (C=O) groups is 1. The number of benzene rings is 1. The van der Waals surface area contributed by atoms with Crippen molar-refractivity contribution in [3.8, 4) is 11.3 Å². The third-order valence-electron chi connectivity index (χ3n) is 3.12. The summed E-state index contributed by atoms with van der Waals surface area (Å²) >= 11 is 3.14. The normalized spacial score (nSPS) is 13.6. The number of amides is 1. The Morgan fingerprint density at radius 3 is 2.91 bits per heavy atom. The zero-order valence-corrected chi connectivity index (χ0v) is 14.6. The molecule has 2 N–H and O–H groups in total. The van der Waals surface area contributed by atoms with Crippen LogP contribution in [0.3, 0.4) is 0 Å². The minimum atomic E-state index is -0.904. The summed E-state index contributed by atoms with van der Waals surface area (Å²) in [6.45, 7) is 3.91. The van der Waals surface area contributed by atoms with Gasteiger partial charge in [0.15, 0.2) is 0 Å². The molecule has 1 aromatic heterocycles. The van der Waals surface area contributed by atoms with E-state index in [1.165, 1.54) is 0 Å². The van der Waals surface area contributed by atoms with Gasteiger partial charge < -0.3 is 10.4 Å². The molecule has 1 amide bonds. The fraction of sp³-hybridized carbons (Fsp3) is 0.375. The van der Waals surface area contributed by atoms with Crippen molar-refractivity contribution in [2.45, 2.75) is 19.4 Å². The Hall–Kier alpha value is -1.37. The van der Waals surface area contributed by atoms with Crippen LogP contribution >= 0.6 is 23.1 Å². The van der Waals surface area contributed by atoms with Gasteiger partial charge in [-0.3, -0.25) is 4.79 Å². The molecule has 0 radical (unpaired) electrons. The summed E-state index contributed by atoms with van der Waals surface area (Å²) in [6.07, 6.45) is 1.93. The molecule has 6 heteroatoms. The Balaban J connectivity index is 2.08. The SMILES string of the molecule is CSCC(C)(O)CNC(=O)c1cccc(-c2csc(C)n2)c1. The molecule has 0 aliphatic carbocycles. The van der Waals surface area contributed by atoms with Crippen LogP contribution in [0.4, 0.5) is 0 Å². The maximum absolute atomic E-state index is 12.2. The molecule has 4 nitrogen and oxygen atoms in total. The number of hydrogen-bond donors (Lipinski definition) is 2. The minimum absolute atomic E-state index is 0.185. The molecule has 0 aliphatic rings. The second-order valence-corrected chi connectivity index (χ2v) is 7.37. The molecule has 118 valence electrons. The summed E-state index contributed by atoms with van der Waals surface area (Å²) in [4.78, 5) is 16.7. The molecule has 1 aromatic carbocycles. The first-order chi connectivity index (χ1) is 10.4. The quantitative estimate of drug-likeness (QED) is 0.851. The van der Waals surface area contributed by atoms with Gasteiger partial charge in [-0.1, -0.05) is 12.1 Å². The molecule has 2 aromatic rings. The topological polar surface area (TPSA) is 62.2 Å². The Kier molecular flexibility index (Phi) is 5.61. The smallest absolute Gasteiger partial charge is 0.251 e. The van der Waals surface area contributed by atoms with Crippen molar-refractivity contribution in [1.29, 1.82) is 0 Å². The van der Waals surface area contributed by atoms with E-state index in [1.807, 2.05) is 36.8 Å². The Labute approximate surface area is 139 Å². The van der Waals surface area contributed by atoms with Crippen molar-refractivity contribution in [1.82, 2.24) is 10.3 Å². The van der Waals surface area contributed by atoms with Gasteiger partial charge in [-0.05, 0) is 32.2 Å². The van der Waals surface area contributed by atoms with Gasteiger partial charge in [0, 0.05) is 28.8 Å². The third-order valence-corrected chi connectivity index (χ3v) is 4.81. The summed E-state index contributed by atoms with van der Waals surface area (Å²) in [5.74, 6) is 0.390. The number of thiazole rings is 1. The molecule has 0 spiro atoms. The first-order valence-corrected chi connectivity index (χ1v) is 9.21. The Bertz CT molecular complexity index is 653. The van der Waals surface area contributed by atoms with Gasteiger partial charge in [0.05, 0.1) is 16.3 Å². The van der Waals surface area contributed by atoms with E-state index in [0.29, 0.717) is 11.3 Å². The van der Waals surface area contributed by atoms with Gasteiger partial charge >= 0.3 is 0 Å². The maximum Gasteiger partial charge on any atom is 0.251 e. The van der Waals surface area contributed by atoms with Gasteiger partial charge in [-0.15, -0.1) is 11.3 Å². The number of thioether (sulfide) groups is 1. The first-order valence-electron chi connectivity index (χ1n) is 6.93. The lowest BCUT2D eigenvalue weighted by atomic mass is 10.1. The van der Waals surface area contributed by atoms with Crippen LogP contribution in [-0.4, -0.2) is 40.2 Å². The number of aryl methyl sites for hydroxylation is 1. The predicted molar refractivity (Wildman–Crippen MR) is 93.6 cm³/mol. The van der Waals surface area contributed by atoms with Crippen LogP contribution in [0.2, 0.25) is 0 Å². The summed E-state index contributed by atoms with van der Waals surface area (Å²) < 4.78 is 0. The maximum atomic E-state index is 12.2. The van der Waals surface area contributed by atoms with Crippen molar-refractivity contribution >= 4 is 29.0 Å². The molecule has 0 fully saturated rings. The number of aromatic nitrogens is 1. The Morgan fingerprint density at radius 1 is 1.50 bits per heavy atom. The van der Waals surface area contributed by atoms with Crippen molar-refractivity contribution < 1.29 is 9.90 Å². The van der Waals surface area contributed by atoms with Gasteiger partial charge in [0.1, 0.15) is 0 Å².